The van der Waals surface area contributed by atoms with Gasteiger partial charge in [-0.15, -0.1) is 0 Å². The van der Waals surface area contributed by atoms with Crippen molar-refractivity contribution in [1.82, 2.24) is 4.98 Å². The third kappa shape index (κ3) is 3.39. The lowest BCUT2D eigenvalue weighted by Crippen LogP contribution is -2.14. The van der Waals surface area contributed by atoms with Crippen molar-refractivity contribution in [2.24, 2.45) is 0 Å². The van der Waals surface area contributed by atoms with Crippen LogP contribution in [0.2, 0.25) is 0 Å². The molecule has 0 atom stereocenters. The van der Waals surface area contributed by atoms with Crippen molar-refractivity contribution >= 4 is 23.2 Å². The second kappa shape index (κ2) is 3.24. The van der Waals surface area contributed by atoms with Crippen molar-refractivity contribution in [2.45, 2.75) is 4.77 Å². The lowest BCUT2D eigenvalue weighted by atomic mass is 10.5. The average Bonchev–Trinajstić information content (AvgIpc) is 1.85. The Kier molecular flexibility index (Phi) is 2.52. The number of pyridine rings is 1. The highest BCUT2D eigenvalue weighted by Gasteiger charge is 2.24. The van der Waals surface area contributed by atoms with E-state index >= 15 is 0 Å². The van der Waals surface area contributed by atoms with E-state index in [1.54, 1.807) is 12.1 Å². The van der Waals surface area contributed by atoms with Crippen molar-refractivity contribution in [3.05, 3.63) is 24.4 Å². The van der Waals surface area contributed by atoms with Gasteiger partial charge in [-0.25, -0.2) is 4.98 Å². The van der Waals surface area contributed by atoms with Gasteiger partial charge in [-0.3, -0.25) is 0 Å². The number of hydrogen-bond donors (Lipinski definition) is 0. The first-order chi connectivity index (χ1) is 5.08. The van der Waals surface area contributed by atoms with Crippen molar-refractivity contribution < 1.29 is 9.13 Å². The van der Waals surface area contributed by atoms with Gasteiger partial charge in [-0.1, -0.05) is 6.07 Å². The standard InChI is InChI=1S/C6H4Cl2FNO/c7-6(8,9)11-5-3-1-2-4-10-5/h1-4H. The molecule has 0 fully saturated rings. The third-order valence-corrected chi connectivity index (χ3v) is 1.01. The molecular weight excluding hydrogens is 192 g/mol. The zero-order valence-corrected chi connectivity index (χ0v) is 6.81. The molecule has 5 heteroatoms. The molecule has 0 saturated carbocycles. The summed E-state index contributed by atoms with van der Waals surface area (Å²) in [5.74, 6) is 0.0417. The predicted octanol–water partition coefficient (Wildman–Crippen LogP) is 2.52. The minimum atomic E-state index is -2.71. The fourth-order valence-corrected chi connectivity index (χ4v) is 0.684. The highest BCUT2D eigenvalue weighted by Crippen LogP contribution is 2.25. The Hall–Kier alpha value is -0.540. The molecule has 0 saturated heterocycles. The summed E-state index contributed by atoms with van der Waals surface area (Å²) in [6.07, 6.45) is 1.44. The Morgan fingerprint density at radius 3 is 2.64 bits per heavy atom. The number of ether oxygens (including phenoxy) is 1. The van der Waals surface area contributed by atoms with E-state index in [0.717, 1.165) is 0 Å². The smallest absolute Gasteiger partial charge is 0.411 e. The van der Waals surface area contributed by atoms with Crippen LogP contribution in [0.3, 0.4) is 0 Å². The molecule has 0 unspecified atom stereocenters. The topological polar surface area (TPSA) is 22.1 Å². The van der Waals surface area contributed by atoms with E-state index in [4.69, 9.17) is 23.2 Å². The average molecular weight is 196 g/mol. The minimum Gasteiger partial charge on any atom is -0.415 e. The van der Waals surface area contributed by atoms with Gasteiger partial charge in [-0.05, 0) is 29.3 Å². The molecule has 0 radical (unpaired) electrons. The summed E-state index contributed by atoms with van der Waals surface area (Å²) in [4.78, 5) is 3.63. The zero-order valence-electron chi connectivity index (χ0n) is 5.30. The van der Waals surface area contributed by atoms with Gasteiger partial charge in [0.2, 0.25) is 5.88 Å². The van der Waals surface area contributed by atoms with Crippen molar-refractivity contribution in [3.8, 4) is 5.88 Å². The van der Waals surface area contributed by atoms with Crippen LogP contribution in [0.1, 0.15) is 0 Å². The Morgan fingerprint density at radius 2 is 2.18 bits per heavy atom. The number of halogens is 3. The van der Waals surface area contributed by atoms with E-state index in [2.05, 4.69) is 9.72 Å². The number of nitrogens with zero attached hydrogens (tertiary/aromatic N) is 1. The maximum absolute atomic E-state index is 12.3. The summed E-state index contributed by atoms with van der Waals surface area (Å²) in [6, 6.07) is 4.73. The molecule has 0 N–H and O–H groups in total. The summed E-state index contributed by atoms with van der Waals surface area (Å²) in [7, 11) is 0. The van der Waals surface area contributed by atoms with Gasteiger partial charge in [0.05, 0.1) is 0 Å². The molecule has 1 aromatic heterocycles. The first kappa shape index (κ1) is 8.56. The van der Waals surface area contributed by atoms with E-state index in [1.807, 2.05) is 0 Å². The summed E-state index contributed by atoms with van der Waals surface area (Å²) >= 11 is 9.81. The molecule has 0 spiro atoms. The van der Waals surface area contributed by atoms with E-state index in [-0.39, 0.29) is 5.88 Å². The maximum atomic E-state index is 12.3. The first-order valence-electron chi connectivity index (χ1n) is 2.75. The first-order valence-corrected chi connectivity index (χ1v) is 3.50. The molecule has 0 aliphatic carbocycles. The Morgan fingerprint density at radius 1 is 1.45 bits per heavy atom. The highest BCUT2D eigenvalue weighted by atomic mass is 35.5. The quantitative estimate of drug-likeness (QED) is 0.678. The van der Waals surface area contributed by atoms with Crippen LogP contribution in [0.4, 0.5) is 4.39 Å². The summed E-state index contributed by atoms with van der Waals surface area (Å²) in [6.45, 7) is 0. The molecule has 11 heavy (non-hydrogen) atoms. The van der Waals surface area contributed by atoms with E-state index in [0.29, 0.717) is 0 Å². The highest BCUT2D eigenvalue weighted by molar-refractivity contribution is 6.46. The van der Waals surface area contributed by atoms with Crippen LogP contribution >= 0.6 is 23.2 Å². The van der Waals surface area contributed by atoms with Gasteiger partial charge in [0.1, 0.15) is 0 Å². The summed E-state index contributed by atoms with van der Waals surface area (Å²) in [5, 5.41) is 0. The second-order valence-corrected chi connectivity index (χ2v) is 2.88. The number of hydrogen-bond acceptors (Lipinski definition) is 2. The molecule has 1 heterocycles. The summed E-state index contributed by atoms with van der Waals surface area (Å²) in [5.41, 5.74) is 0. The van der Waals surface area contributed by atoms with Crippen LogP contribution in [0.5, 0.6) is 5.88 Å². The van der Waals surface area contributed by atoms with Gasteiger partial charge >= 0.3 is 4.77 Å². The van der Waals surface area contributed by atoms with Gasteiger partial charge in [-0.2, -0.15) is 4.39 Å². The zero-order chi connectivity index (χ0) is 8.32. The van der Waals surface area contributed by atoms with Crippen LogP contribution in [0.25, 0.3) is 0 Å². The van der Waals surface area contributed by atoms with Crippen LogP contribution in [0.15, 0.2) is 24.4 Å². The maximum Gasteiger partial charge on any atom is 0.411 e. The van der Waals surface area contributed by atoms with Crippen molar-refractivity contribution in [1.29, 1.82) is 0 Å². The van der Waals surface area contributed by atoms with Crippen LogP contribution in [0, 0.1) is 0 Å². The molecule has 2 nitrogen and oxygen atoms in total. The normalized spacial score (nSPS) is 11.2. The number of alkyl halides is 3. The molecule has 0 amide bonds. The fraction of sp³-hybridized carbons (Fsp3) is 0.167. The Bertz CT molecular complexity index is 224. The van der Waals surface area contributed by atoms with Gasteiger partial charge in [0.25, 0.3) is 0 Å². The summed E-state index contributed by atoms with van der Waals surface area (Å²) < 4.78 is 14.0. The molecule has 0 aliphatic heterocycles. The molecule has 0 aromatic carbocycles. The van der Waals surface area contributed by atoms with Gasteiger partial charge < -0.3 is 4.74 Å². The van der Waals surface area contributed by atoms with Crippen molar-refractivity contribution in [3.63, 3.8) is 0 Å². The van der Waals surface area contributed by atoms with Gasteiger partial charge in [0, 0.05) is 12.3 Å². The molecule has 1 aromatic rings. The SMILES string of the molecule is FC(Cl)(Cl)Oc1ccccn1. The predicted molar refractivity (Wildman–Crippen MR) is 40.4 cm³/mol. The number of rotatable bonds is 2. The Labute approximate surface area is 72.9 Å². The molecule has 0 bridgehead atoms. The fourth-order valence-electron chi connectivity index (χ4n) is 0.526. The monoisotopic (exact) mass is 195 g/mol. The Balaban J connectivity index is 2.66. The molecule has 1 rings (SSSR count). The van der Waals surface area contributed by atoms with E-state index < -0.39 is 4.77 Å². The van der Waals surface area contributed by atoms with Gasteiger partial charge in [0.15, 0.2) is 0 Å². The lowest BCUT2D eigenvalue weighted by Gasteiger charge is -2.09. The minimum absolute atomic E-state index is 0.0417. The van der Waals surface area contributed by atoms with Crippen LogP contribution in [-0.2, 0) is 0 Å². The lowest BCUT2D eigenvalue weighted by molar-refractivity contribution is 0.0981. The molecular formula is C6H4Cl2FNO. The largest absolute Gasteiger partial charge is 0.415 e. The van der Waals surface area contributed by atoms with Crippen molar-refractivity contribution in [2.75, 3.05) is 0 Å². The van der Waals surface area contributed by atoms with E-state index in [1.165, 1.54) is 12.3 Å². The van der Waals surface area contributed by atoms with Crippen LogP contribution < -0.4 is 4.74 Å². The van der Waals surface area contributed by atoms with Crippen LogP contribution in [-0.4, -0.2) is 9.76 Å². The molecule has 0 aliphatic rings. The second-order valence-electron chi connectivity index (χ2n) is 1.72. The third-order valence-electron chi connectivity index (χ3n) is 0.858. The molecule has 60 valence electrons. The van der Waals surface area contributed by atoms with E-state index in [9.17, 15) is 4.39 Å². The number of aromatic nitrogens is 1.